The van der Waals surface area contributed by atoms with Gasteiger partial charge in [0.2, 0.25) is 5.91 Å². The van der Waals surface area contributed by atoms with Gasteiger partial charge in [-0.05, 0) is 37.0 Å². The molecular formula is C14H14N2O3. The number of nitrogens with one attached hydrogen (secondary N) is 2. The smallest absolute Gasteiger partial charge is 0.408 e. The third-order valence-electron chi connectivity index (χ3n) is 3.26. The number of oxazole rings is 1. The molecule has 1 aliphatic carbocycles. The number of amides is 1. The number of aromatic nitrogens is 1. The van der Waals surface area contributed by atoms with Gasteiger partial charge in [-0.15, -0.1) is 0 Å². The number of fused-ring (bicyclic) bond motifs is 1. The largest absolute Gasteiger partial charge is 0.417 e. The minimum absolute atomic E-state index is 0.0123. The highest BCUT2D eigenvalue weighted by Crippen LogP contribution is 2.21. The quantitative estimate of drug-likeness (QED) is 0.830. The summed E-state index contributed by atoms with van der Waals surface area (Å²) in [6.07, 6.45) is 6.80. The molecule has 19 heavy (non-hydrogen) atoms. The number of H-pyrrole nitrogens is 1. The summed E-state index contributed by atoms with van der Waals surface area (Å²) in [5, 5.41) is 2.83. The molecule has 1 atom stereocenters. The molecule has 1 aromatic heterocycles. The van der Waals surface area contributed by atoms with Gasteiger partial charge in [0.25, 0.3) is 0 Å². The van der Waals surface area contributed by atoms with Gasteiger partial charge < -0.3 is 9.73 Å². The van der Waals surface area contributed by atoms with E-state index in [1.165, 1.54) is 0 Å². The van der Waals surface area contributed by atoms with Crippen molar-refractivity contribution in [2.75, 3.05) is 5.32 Å². The Morgan fingerprint density at radius 1 is 1.47 bits per heavy atom. The number of hydrogen-bond acceptors (Lipinski definition) is 3. The van der Waals surface area contributed by atoms with Crippen molar-refractivity contribution in [3.63, 3.8) is 0 Å². The molecule has 5 heteroatoms. The molecule has 0 radical (unpaired) electrons. The van der Waals surface area contributed by atoms with Crippen molar-refractivity contribution in [3.8, 4) is 0 Å². The minimum Gasteiger partial charge on any atom is -0.408 e. The average molecular weight is 258 g/mol. The Bertz CT molecular complexity index is 696. The third-order valence-corrected chi connectivity index (χ3v) is 3.26. The van der Waals surface area contributed by atoms with Crippen LogP contribution in [0.15, 0.2) is 39.6 Å². The molecule has 98 valence electrons. The topological polar surface area (TPSA) is 75.1 Å². The molecule has 1 heterocycles. The number of hydrogen-bond donors (Lipinski definition) is 2. The van der Waals surface area contributed by atoms with Crippen LogP contribution in [0.2, 0.25) is 0 Å². The maximum atomic E-state index is 11.9. The van der Waals surface area contributed by atoms with Crippen LogP contribution in [0.1, 0.15) is 19.3 Å². The maximum Gasteiger partial charge on any atom is 0.417 e. The fraction of sp³-hybridized carbons (Fsp3) is 0.286. The minimum atomic E-state index is -0.491. The molecule has 2 N–H and O–H groups in total. The highest BCUT2D eigenvalue weighted by atomic mass is 16.4. The Hall–Kier alpha value is -2.30. The second-order valence-corrected chi connectivity index (χ2v) is 4.74. The summed E-state index contributed by atoms with van der Waals surface area (Å²) in [5.41, 5.74) is 1.74. The maximum absolute atomic E-state index is 11.9. The zero-order valence-electron chi connectivity index (χ0n) is 10.3. The van der Waals surface area contributed by atoms with E-state index in [0.29, 0.717) is 29.1 Å². The Morgan fingerprint density at radius 2 is 2.37 bits per heavy atom. The molecule has 0 aliphatic heterocycles. The Kier molecular flexibility index (Phi) is 2.95. The SMILES string of the molecule is O=C(CC1C=CCC1)Nc1ccc2oc(=O)[nH]c2c1. The first-order chi connectivity index (χ1) is 9.20. The molecular weight excluding hydrogens is 244 g/mol. The third kappa shape index (κ3) is 2.59. The highest BCUT2D eigenvalue weighted by molar-refractivity contribution is 5.92. The highest BCUT2D eigenvalue weighted by Gasteiger charge is 2.14. The molecule has 5 nitrogen and oxygen atoms in total. The summed E-state index contributed by atoms with van der Waals surface area (Å²) in [6, 6.07) is 5.09. The Morgan fingerprint density at radius 3 is 3.16 bits per heavy atom. The second-order valence-electron chi connectivity index (χ2n) is 4.74. The summed E-state index contributed by atoms with van der Waals surface area (Å²) in [7, 11) is 0. The fourth-order valence-electron chi connectivity index (χ4n) is 2.35. The van der Waals surface area contributed by atoms with E-state index in [0.717, 1.165) is 12.8 Å². The first-order valence-electron chi connectivity index (χ1n) is 6.30. The Labute approximate surface area is 109 Å². The molecule has 0 saturated heterocycles. The molecule has 1 aromatic carbocycles. The van der Waals surface area contributed by atoms with Crippen LogP contribution >= 0.6 is 0 Å². The summed E-state index contributed by atoms with van der Waals surface area (Å²) in [5.74, 6) is -0.159. The van der Waals surface area contributed by atoms with E-state index in [1.807, 2.05) is 0 Å². The van der Waals surface area contributed by atoms with Crippen LogP contribution < -0.4 is 11.1 Å². The lowest BCUT2D eigenvalue weighted by atomic mass is 10.1. The summed E-state index contributed by atoms with van der Waals surface area (Å²) >= 11 is 0. The summed E-state index contributed by atoms with van der Waals surface area (Å²) < 4.78 is 4.90. The van der Waals surface area contributed by atoms with Crippen LogP contribution in [-0.4, -0.2) is 10.9 Å². The van der Waals surface area contributed by atoms with Crippen LogP contribution in [0.4, 0.5) is 5.69 Å². The van der Waals surface area contributed by atoms with Crippen molar-refractivity contribution in [2.45, 2.75) is 19.3 Å². The van der Waals surface area contributed by atoms with Crippen molar-refractivity contribution >= 4 is 22.7 Å². The molecule has 0 spiro atoms. The van der Waals surface area contributed by atoms with Crippen LogP contribution in [0, 0.1) is 5.92 Å². The number of carbonyl (C=O) groups is 1. The molecule has 1 aliphatic rings. The molecule has 0 saturated carbocycles. The van der Waals surface area contributed by atoms with E-state index in [9.17, 15) is 9.59 Å². The van der Waals surface area contributed by atoms with E-state index < -0.39 is 5.76 Å². The van der Waals surface area contributed by atoms with Gasteiger partial charge in [0.15, 0.2) is 5.58 Å². The molecule has 3 rings (SSSR count). The van der Waals surface area contributed by atoms with Crippen LogP contribution in [-0.2, 0) is 4.79 Å². The number of rotatable bonds is 3. The monoisotopic (exact) mass is 258 g/mol. The van der Waals surface area contributed by atoms with Gasteiger partial charge in [0, 0.05) is 12.1 Å². The number of allylic oxidation sites excluding steroid dienone is 2. The van der Waals surface area contributed by atoms with E-state index >= 15 is 0 Å². The predicted molar refractivity (Wildman–Crippen MR) is 71.9 cm³/mol. The normalized spacial score (nSPS) is 18.0. The van der Waals surface area contributed by atoms with Gasteiger partial charge in [-0.1, -0.05) is 12.2 Å². The van der Waals surface area contributed by atoms with Gasteiger partial charge in [-0.2, -0.15) is 0 Å². The summed E-state index contributed by atoms with van der Waals surface area (Å²) in [4.78, 5) is 25.5. The van der Waals surface area contributed by atoms with Crippen LogP contribution in [0.3, 0.4) is 0 Å². The van der Waals surface area contributed by atoms with Crippen molar-refractivity contribution in [3.05, 3.63) is 40.9 Å². The van der Waals surface area contributed by atoms with Crippen molar-refractivity contribution < 1.29 is 9.21 Å². The molecule has 1 unspecified atom stereocenters. The van der Waals surface area contributed by atoms with Crippen LogP contribution in [0.25, 0.3) is 11.1 Å². The second kappa shape index (κ2) is 4.76. The van der Waals surface area contributed by atoms with Gasteiger partial charge in [0.05, 0.1) is 5.52 Å². The molecule has 0 bridgehead atoms. The van der Waals surface area contributed by atoms with E-state index in [1.54, 1.807) is 18.2 Å². The van der Waals surface area contributed by atoms with E-state index in [2.05, 4.69) is 22.5 Å². The lowest BCUT2D eigenvalue weighted by Crippen LogP contribution is -2.14. The fourth-order valence-corrected chi connectivity index (χ4v) is 2.35. The first-order valence-corrected chi connectivity index (χ1v) is 6.30. The number of carbonyl (C=O) groups excluding carboxylic acids is 1. The average Bonchev–Trinajstić information content (AvgIpc) is 2.96. The Balaban J connectivity index is 1.71. The van der Waals surface area contributed by atoms with E-state index in [-0.39, 0.29) is 5.91 Å². The number of aromatic amines is 1. The number of benzene rings is 1. The van der Waals surface area contributed by atoms with Gasteiger partial charge in [-0.25, -0.2) is 4.79 Å². The van der Waals surface area contributed by atoms with Gasteiger partial charge in [-0.3, -0.25) is 9.78 Å². The van der Waals surface area contributed by atoms with Crippen LogP contribution in [0.5, 0.6) is 0 Å². The number of anilines is 1. The van der Waals surface area contributed by atoms with Crippen molar-refractivity contribution in [1.82, 2.24) is 4.98 Å². The summed E-state index contributed by atoms with van der Waals surface area (Å²) in [6.45, 7) is 0. The first kappa shape index (κ1) is 11.8. The zero-order valence-corrected chi connectivity index (χ0v) is 10.3. The standard InChI is InChI=1S/C14H14N2O3/c17-13(7-9-3-1-2-4-9)15-10-5-6-12-11(8-10)16-14(18)19-12/h1,3,5-6,8-9H,2,4,7H2,(H,15,17)(H,16,18). The van der Waals surface area contributed by atoms with Gasteiger partial charge >= 0.3 is 5.76 Å². The lowest BCUT2D eigenvalue weighted by molar-refractivity contribution is -0.116. The van der Waals surface area contributed by atoms with Gasteiger partial charge in [0.1, 0.15) is 0 Å². The van der Waals surface area contributed by atoms with Crippen molar-refractivity contribution in [2.24, 2.45) is 5.92 Å². The molecule has 1 amide bonds. The molecule has 0 fully saturated rings. The predicted octanol–water partition coefficient (Wildman–Crippen LogP) is 2.42. The van der Waals surface area contributed by atoms with Crippen molar-refractivity contribution in [1.29, 1.82) is 0 Å². The molecule has 2 aromatic rings. The lowest BCUT2D eigenvalue weighted by Gasteiger charge is -2.08. The van der Waals surface area contributed by atoms with E-state index in [4.69, 9.17) is 4.42 Å². The zero-order chi connectivity index (χ0) is 13.2.